The largest absolute Gasteiger partial charge is 0.369 e. The molecular formula is C9H12N4O3S. The predicted molar refractivity (Wildman–Crippen MR) is 62.7 cm³/mol. The van der Waals surface area contributed by atoms with Crippen LogP contribution in [0.4, 0.5) is 4.79 Å². The highest BCUT2D eigenvalue weighted by Gasteiger charge is 2.13. The first-order chi connectivity index (χ1) is 7.81. The fraction of sp³-hybridized carbons (Fsp3) is 0.111. The molecule has 5 N–H and O–H groups in total. The molecule has 0 fully saturated rings. The van der Waals surface area contributed by atoms with Crippen molar-refractivity contribution in [3.63, 3.8) is 0 Å². The van der Waals surface area contributed by atoms with E-state index in [9.17, 15) is 13.2 Å². The van der Waals surface area contributed by atoms with E-state index in [1.165, 1.54) is 12.1 Å². The van der Waals surface area contributed by atoms with Crippen molar-refractivity contribution in [3.8, 4) is 0 Å². The summed E-state index contributed by atoms with van der Waals surface area (Å²) in [6.07, 6.45) is 0. The molecular weight excluding hydrogens is 244 g/mol. The lowest BCUT2D eigenvalue weighted by Gasteiger charge is -2.02. The number of sulfonamides is 1. The number of guanidine groups is 1. The average Bonchev–Trinajstić information content (AvgIpc) is 2.15. The minimum Gasteiger partial charge on any atom is -0.369 e. The van der Waals surface area contributed by atoms with Gasteiger partial charge >= 0.3 is 6.03 Å². The summed E-state index contributed by atoms with van der Waals surface area (Å²) in [5, 5.41) is 1.87. The number of hydrogen-bond donors (Lipinski definition) is 3. The van der Waals surface area contributed by atoms with E-state index >= 15 is 0 Å². The Morgan fingerprint density at radius 2 is 1.76 bits per heavy atom. The zero-order valence-electron chi connectivity index (χ0n) is 9.04. The molecule has 0 heterocycles. The summed E-state index contributed by atoms with van der Waals surface area (Å²) in [6, 6.07) is 5.06. The maximum atomic E-state index is 11.7. The van der Waals surface area contributed by atoms with E-state index in [0.29, 0.717) is 0 Å². The molecule has 0 aromatic heterocycles. The number of benzene rings is 1. The minimum absolute atomic E-state index is 0.0164. The number of nitrogens with zero attached hydrogens (tertiary/aromatic N) is 1. The molecule has 0 unspecified atom stereocenters. The minimum atomic E-state index is -3.93. The molecule has 0 aliphatic rings. The average molecular weight is 256 g/mol. The number of rotatable bonds is 2. The Kier molecular flexibility index (Phi) is 3.69. The van der Waals surface area contributed by atoms with E-state index < -0.39 is 22.0 Å². The Morgan fingerprint density at radius 1 is 1.24 bits per heavy atom. The van der Waals surface area contributed by atoms with Crippen LogP contribution in [0, 0.1) is 6.92 Å². The topological polar surface area (TPSA) is 128 Å². The van der Waals surface area contributed by atoms with Gasteiger partial charge in [0.1, 0.15) is 0 Å². The van der Waals surface area contributed by atoms with Crippen molar-refractivity contribution >= 4 is 22.0 Å². The van der Waals surface area contributed by atoms with Gasteiger partial charge in [-0.15, -0.1) is 4.40 Å². The van der Waals surface area contributed by atoms with E-state index in [1.54, 1.807) is 12.1 Å². The number of hydrogen-bond acceptors (Lipinski definition) is 3. The van der Waals surface area contributed by atoms with Gasteiger partial charge in [0.25, 0.3) is 10.0 Å². The van der Waals surface area contributed by atoms with Gasteiger partial charge in [-0.25, -0.2) is 4.79 Å². The van der Waals surface area contributed by atoms with Crippen LogP contribution in [-0.2, 0) is 10.0 Å². The molecule has 0 aliphatic heterocycles. The van der Waals surface area contributed by atoms with E-state index in [1.807, 2.05) is 12.2 Å². The lowest BCUT2D eigenvalue weighted by molar-refractivity contribution is 0.253. The van der Waals surface area contributed by atoms with Crippen LogP contribution in [0.1, 0.15) is 5.56 Å². The quantitative estimate of drug-likeness (QED) is 0.494. The molecule has 0 saturated heterocycles. The highest BCUT2D eigenvalue weighted by molar-refractivity contribution is 7.90. The van der Waals surface area contributed by atoms with Crippen LogP contribution in [-0.4, -0.2) is 20.4 Å². The number of nitrogens with two attached hydrogens (primary N) is 2. The molecule has 7 nitrogen and oxygen atoms in total. The first kappa shape index (κ1) is 13.0. The van der Waals surface area contributed by atoms with Crippen molar-refractivity contribution < 1.29 is 13.2 Å². The number of nitrogens with one attached hydrogen (secondary N) is 1. The fourth-order valence-electron chi connectivity index (χ4n) is 1.04. The molecule has 92 valence electrons. The molecule has 0 aliphatic carbocycles. The van der Waals surface area contributed by atoms with Crippen LogP contribution in [0.15, 0.2) is 33.6 Å². The zero-order chi connectivity index (χ0) is 13.1. The van der Waals surface area contributed by atoms with Gasteiger partial charge in [-0.1, -0.05) is 17.7 Å². The molecule has 2 amide bonds. The molecule has 17 heavy (non-hydrogen) atoms. The number of carbonyl (C=O) groups excluding carboxylic acids is 1. The summed E-state index contributed by atoms with van der Waals surface area (Å²) >= 11 is 0. The Hall–Kier alpha value is -2.09. The van der Waals surface area contributed by atoms with E-state index in [0.717, 1.165) is 5.56 Å². The van der Waals surface area contributed by atoms with Gasteiger partial charge in [-0.05, 0) is 19.1 Å². The Balaban J connectivity index is 3.04. The second kappa shape index (κ2) is 4.83. The van der Waals surface area contributed by atoms with Gasteiger partial charge in [0.15, 0.2) is 0 Å². The lowest BCUT2D eigenvalue weighted by Crippen LogP contribution is -2.40. The second-order valence-corrected chi connectivity index (χ2v) is 4.86. The van der Waals surface area contributed by atoms with E-state index in [-0.39, 0.29) is 4.90 Å². The van der Waals surface area contributed by atoms with Crippen LogP contribution >= 0.6 is 0 Å². The van der Waals surface area contributed by atoms with Gasteiger partial charge in [-0.3, -0.25) is 5.32 Å². The molecule has 0 radical (unpaired) electrons. The summed E-state index contributed by atoms with van der Waals surface area (Å²) in [5.41, 5.74) is 10.9. The Labute approximate surface area is 98.6 Å². The highest BCUT2D eigenvalue weighted by atomic mass is 32.2. The summed E-state index contributed by atoms with van der Waals surface area (Å²) in [4.78, 5) is 10.4. The van der Waals surface area contributed by atoms with Gasteiger partial charge in [0.2, 0.25) is 5.96 Å². The van der Waals surface area contributed by atoms with Crippen LogP contribution in [0.3, 0.4) is 0 Å². The maximum absolute atomic E-state index is 11.7. The molecule has 1 rings (SSSR count). The summed E-state index contributed by atoms with van der Waals surface area (Å²) in [7, 11) is -3.93. The molecule has 0 saturated carbocycles. The van der Waals surface area contributed by atoms with Crippen LogP contribution in [0.25, 0.3) is 0 Å². The van der Waals surface area contributed by atoms with Gasteiger partial charge in [-0.2, -0.15) is 8.42 Å². The number of aryl methyl sites for hydroxylation is 1. The molecule has 1 aromatic rings. The summed E-state index contributed by atoms with van der Waals surface area (Å²) in [5.74, 6) is -0.571. The van der Waals surface area contributed by atoms with E-state index in [2.05, 4.69) is 4.40 Å². The van der Waals surface area contributed by atoms with Gasteiger partial charge < -0.3 is 11.5 Å². The van der Waals surface area contributed by atoms with Crippen LogP contribution < -0.4 is 16.8 Å². The third-order valence-corrected chi connectivity index (χ3v) is 3.09. The monoisotopic (exact) mass is 256 g/mol. The van der Waals surface area contributed by atoms with Crippen molar-refractivity contribution in [2.45, 2.75) is 11.8 Å². The van der Waals surface area contributed by atoms with Crippen LogP contribution in [0.2, 0.25) is 0 Å². The first-order valence-corrected chi connectivity index (χ1v) is 5.99. The first-order valence-electron chi connectivity index (χ1n) is 4.55. The van der Waals surface area contributed by atoms with Crippen molar-refractivity contribution in [1.82, 2.24) is 5.32 Å². The molecule has 0 atom stereocenters. The number of amides is 2. The van der Waals surface area contributed by atoms with Gasteiger partial charge in [0.05, 0.1) is 4.90 Å². The predicted octanol–water partition coefficient (Wildman–Crippen LogP) is -0.333. The molecule has 0 bridgehead atoms. The Morgan fingerprint density at radius 3 is 2.24 bits per heavy atom. The molecule has 1 aromatic carbocycles. The second-order valence-electron chi connectivity index (χ2n) is 3.25. The smallest absolute Gasteiger partial charge is 0.318 e. The molecule has 0 spiro atoms. The number of urea groups is 1. The number of primary amides is 1. The number of carbonyl (C=O) groups is 1. The van der Waals surface area contributed by atoms with E-state index in [4.69, 9.17) is 11.5 Å². The van der Waals surface area contributed by atoms with Crippen molar-refractivity contribution in [1.29, 1.82) is 0 Å². The van der Waals surface area contributed by atoms with Gasteiger partial charge in [0, 0.05) is 0 Å². The van der Waals surface area contributed by atoms with Crippen molar-refractivity contribution in [2.75, 3.05) is 0 Å². The molecule has 8 heteroatoms. The standard InChI is InChI=1S/C9H12N4O3S/c1-6-2-4-7(5-3-6)17(15,16)13-8(10)12-9(11)14/h2-5H,1H3,(H5,10,11,12,13,14). The Bertz CT molecular complexity index is 548. The highest BCUT2D eigenvalue weighted by Crippen LogP contribution is 2.12. The normalized spacial score (nSPS) is 12.2. The van der Waals surface area contributed by atoms with Crippen LogP contribution in [0.5, 0.6) is 0 Å². The maximum Gasteiger partial charge on any atom is 0.318 e. The summed E-state index contributed by atoms with van der Waals surface area (Å²) in [6.45, 7) is 1.82. The third kappa shape index (κ3) is 3.76. The lowest BCUT2D eigenvalue weighted by atomic mass is 10.2. The summed E-state index contributed by atoms with van der Waals surface area (Å²) < 4.78 is 26.6. The van der Waals surface area contributed by atoms with Crippen molar-refractivity contribution in [2.24, 2.45) is 15.9 Å². The third-order valence-electron chi connectivity index (χ3n) is 1.79. The van der Waals surface area contributed by atoms with Crippen molar-refractivity contribution in [3.05, 3.63) is 29.8 Å². The SMILES string of the molecule is Cc1ccc(S(=O)(=O)/N=C(\N)NC(N)=O)cc1. The zero-order valence-corrected chi connectivity index (χ0v) is 9.86. The fourth-order valence-corrected chi connectivity index (χ4v) is 1.93.